The van der Waals surface area contributed by atoms with E-state index in [1.165, 1.54) is 0 Å². The maximum absolute atomic E-state index is 11.9. The Bertz CT molecular complexity index is 281. The molecule has 2 N–H and O–H groups in total. The number of likely N-dealkylation sites (tertiary alicyclic amines) is 1. The first kappa shape index (κ1) is 14.0. The quantitative estimate of drug-likeness (QED) is 0.720. The summed E-state index contributed by atoms with van der Waals surface area (Å²) in [7, 11) is 0. The molecule has 0 aromatic carbocycles. The number of carbonyl (C=O) groups is 2. The molecule has 0 aliphatic carbocycles. The SMILES string of the molecule is CCC(=O)N1CCC(C(=O)NC(C)CCO)C1. The third-order valence-corrected chi connectivity index (χ3v) is 3.16. The molecule has 1 rings (SSSR count). The van der Waals surface area contributed by atoms with Gasteiger partial charge in [0.1, 0.15) is 0 Å². The first-order valence-electron chi connectivity index (χ1n) is 6.27. The molecule has 5 nitrogen and oxygen atoms in total. The van der Waals surface area contributed by atoms with Crippen molar-refractivity contribution in [2.24, 2.45) is 5.92 Å². The minimum Gasteiger partial charge on any atom is -0.396 e. The lowest BCUT2D eigenvalue weighted by Crippen LogP contribution is -2.39. The Hall–Kier alpha value is -1.10. The monoisotopic (exact) mass is 242 g/mol. The molecular formula is C12H22N2O3. The maximum Gasteiger partial charge on any atom is 0.225 e. The molecule has 0 aromatic heterocycles. The Kier molecular flexibility index (Phi) is 5.41. The van der Waals surface area contributed by atoms with E-state index in [2.05, 4.69) is 5.32 Å². The average molecular weight is 242 g/mol. The van der Waals surface area contributed by atoms with Gasteiger partial charge in [0.05, 0.1) is 5.92 Å². The smallest absolute Gasteiger partial charge is 0.225 e. The van der Waals surface area contributed by atoms with Crippen molar-refractivity contribution in [2.45, 2.75) is 39.2 Å². The van der Waals surface area contributed by atoms with Crippen molar-refractivity contribution in [1.29, 1.82) is 0 Å². The summed E-state index contributed by atoms with van der Waals surface area (Å²) >= 11 is 0. The number of aliphatic hydroxyl groups excluding tert-OH is 1. The van der Waals surface area contributed by atoms with E-state index in [0.29, 0.717) is 25.9 Å². The van der Waals surface area contributed by atoms with Crippen molar-refractivity contribution < 1.29 is 14.7 Å². The van der Waals surface area contributed by atoms with Gasteiger partial charge in [-0.3, -0.25) is 9.59 Å². The van der Waals surface area contributed by atoms with E-state index < -0.39 is 0 Å². The number of carbonyl (C=O) groups excluding carboxylic acids is 2. The molecule has 1 heterocycles. The van der Waals surface area contributed by atoms with Gasteiger partial charge in [0, 0.05) is 32.2 Å². The van der Waals surface area contributed by atoms with Crippen molar-refractivity contribution in [3.05, 3.63) is 0 Å². The number of amides is 2. The molecule has 0 spiro atoms. The van der Waals surface area contributed by atoms with Crippen molar-refractivity contribution >= 4 is 11.8 Å². The molecule has 0 aromatic rings. The summed E-state index contributed by atoms with van der Waals surface area (Å²) < 4.78 is 0. The number of hydrogen-bond donors (Lipinski definition) is 2. The van der Waals surface area contributed by atoms with Gasteiger partial charge in [-0.2, -0.15) is 0 Å². The maximum atomic E-state index is 11.9. The molecule has 5 heteroatoms. The Balaban J connectivity index is 2.37. The van der Waals surface area contributed by atoms with Crippen molar-refractivity contribution in [2.75, 3.05) is 19.7 Å². The van der Waals surface area contributed by atoms with Crippen LogP contribution in [0.25, 0.3) is 0 Å². The zero-order chi connectivity index (χ0) is 12.8. The van der Waals surface area contributed by atoms with Gasteiger partial charge in [-0.05, 0) is 19.8 Å². The van der Waals surface area contributed by atoms with E-state index in [4.69, 9.17) is 5.11 Å². The van der Waals surface area contributed by atoms with Crippen molar-refractivity contribution in [3.8, 4) is 0 Å². The van der Waals surface area contributed by atoms with Gasteiger partial charge in [0.25, 0.3) is 0 Å². The highest BCUT2D eigenvalue weighted by Crippen LogP contribution is 2.17. The van der Waals surface area contributed by atoms with Crippen LogP contribution in [0, 0.1) is 5.92 Å². The number of nitrogens with one attached hydrogen (secondary N) is 1. The van der Waals surface area contributed by atoms with Gasteiger partial charge < -0.3 is 15.3 Å². The van der Waals surface area contributed by atoms with Gasteiger partial charge in [-0.25, -0.2) is 0 Å². The zero-order valence-corrected chi connectivity index (χ0v) is 10.6. The number of rotatable bonds is 5. The van der Waals surface area contributed by atoms with Crippen molar-refractivity contribution in [3.63, 3.8) is 0 Å². The van der Waals surface area contributed by atoms with Crippen LogP contribution in [-0.2, 0) is 9.59 Å². The predicted molar refractivity (Wildman–Crippen MR) is 64.3 cm³/mol. The van der Waals surface area contributed by atoms with Gasteiger partial charge in [0.15, 0.2) is 0 Å². The molecule has 2 amide bonds. The molecule has 17 heavy (non-hydrogen) atoms. The average Bonchev–Trinajstić information content (AvgIpc) is 2.77. The zero-order valence-electron chi connectivity index (χ0n) is 10.6. The van der Waals surface area contributed by atoms with Gasteiger partial charge in [-0.1, -0.05) is 6.92 Å². The summed E-state index contributed by atoms with van der Waals surface area (Å²) in [6, 6.07) is -0.0107. The highest BCUT2D eigenvalue weighted by Gasteiger charge is 2.30. The third-order valence-electron chi connectivity index (χ3n) is 3.16. The van der Waals surface area contributed by atoms with Crippen LogP contribution in [0.2, 0.25) is 0 Å². The van der Waals surface area contributed by atoms with Crippen LogP contribution in [0.1, 0.15) is 33.1 Å². The summed E-state index contributed by atoms with van der Waals surface area (Å²) in [5.41, 5.74) is 0. The summed E-state index contributed by atoms with van der Waals surface area (Å²) in [6.45, 7) is 4.99. The minimum atomic E-state index is -0.0911. The summed E-state index contributed by atoms with van der Waals surface area (Å²) in [5.74, 6) is 0.0210. The minimum absolute atomic E-state index is 0.00245. The first-order chi connectivity index (χ1) is 8.08. The van der Waals surface area contributed by atoms with Gasteiger partial charge in [-0.15, -0.1) is 0 Å². The highest BCUT2D eigenvalue weighted by molar-refractivity contribution is 5.82. The van der Waals surface area contributed by atoms with Crippen LogP contribution >= 0.6 is 0 Å². The second-order valence-electron chi connectivity index (χ2n) is 4.60. The molecule has 1 fully saturated rings. The Labute approximate surface area is 102 Å². The van der Waals surface area contributed by atoms with Crippen LogP contribution in [0.5, 0.6) is 0 Å². The van der Waals surface area contributed by atoms with Gasteiger partial charge >= 0.3 is 0 Å². The topological polar surface area (TPSA) is 69.6 Å². The van der Waals surface area contributed by atoms with Crippen LogP contribution < -0.4 is 5.32 Å². The molecule has 0 radical (unpaired) electrons. The molecule has 1 aliphatic rings. The Morgan fingerprint density at radius 3 is 2.82 bits per heavy atom. The van der Waals surface area contributed by atoms with Crippen LogP contribution in [0.4, 0.5) is 0 Å². The lowest BCUT2D eigenvalue weighted by Gasteiger charge is -2.17. The Morgan fingerprint density at radius 1 is 1.53 bits per heavy atom. The van der Waals surface area contributed by atoms with E-state index in [1.807, 2.05) is 13.8 Å². The molecule has 0 saturated carbocycles. The van der Waals surface area contributed by atoms with E-state index in [9.17, 15) is 9.59 Å². The number of hydrogen-bond acceptors (Lipinski definition) is 3. The second kappa shape index (κ2) is 6.59. The molecule has 2 atom stereocenters. The third kappa shape index (κ3) is 4.00. The van der Waals surface area contributed by atoms with Gasteiger partial charge in [0.2, 0.25) is 11.8 Å². The van der Waals surface area contributed by atoms with Crippen molar-refractivity contribution in [1.82, 2.24) is 10.2 Å². The molecule has 1 saturated heterocycles. The van der Waals surface area contributed by atoms with E-state index >= 15 is 0 Å². The van der Waals surface area contributed by atoms with Crippen LogP contribution in [0.15, 0.2) is 0 Å². The summed E-state index contributed by atoms with van der Waals surface area (Å²) in [4.78, 5) is 25.1. The predicted octanol–water partition coefficient (Wildman–Crippen LogP) is 0.132. The van der Waals surface area contributed by atoms with E-state index in [1.54, 1.807) is 4.90 Å². The second-order valence-corrected chi connectivity index (χ2v) is 4.60. The standard InChI is InChI=1S/C12H22N2O3/c1-3-11(16)14-6-4-10(8-14)12(17)13-9(2)5-7-15/h9-10,15H,3-8H2,1-2H3,(H,13,17). The fourth-order valence-corrected chi connectivity index (χ4v) is 2.05. The lowest BCUT2D eigenvalue weighted by molar-refractivity contribution is -0.130. The molecular weight excluding hydrogens is 220 g/mol. The number of aliphatic hydroxyl groups is 1. The molecule has 98 valence electrons. The van der Waals surface area contributed by atoms with E-state index in [-0.39, 0.29) is 30.4 Å². The summed E-state index contributed by atoms with van der Waals surface area (Å²) in [5, 5.41) is 11.6. The van der Waals surface area contributed by atoms with E-state index in [0.717, 1.165) is 6.42 Å². The first-order valence-corrected chi connectivity index (χ1v) is 6.27. The molecule has 2 unspecified atom stereocenters. The largest absolute Gasteiger partial charge is 0.396 e. The molecule has 1 aliphatic heterocycles. The molecule has 0 bridgehead atoms. The highest BCUT2D eigenvalue weighted by atomic mass is 16.3. The van der Waals surface area contributed by atoms with Crippen LogP contribution in [-0.4, -0.2) is 47.6 Å². The number of nitrogens with zero attached hydrogens (tertiary/aromatic N) is 1. The summed E-state index contributed by atoms with van der Waals surface area (Å²) in [6.07, 6.45) is 1.80. The normalized spacial score (nSPS) is 21.4. The van der Waals surface area contributed by atoms with Crippen LogP contribution in [0.3, 0.4) is 0 Å². The fraction of sp³-hybridized carbons (Fsp3) is 0.833. The Morgan fingerprint density at radius 2 is 2.24 bits per heavy atom. The lowest BCUT2D eigenvalue weighted by atomic mass is 10.1. The fourth-order valence-electron chi connectivity index (χ4n) is 2.05.